The Balaban J connectivity index is 2.26. The van der Waals surface area contributed by atoms with Gasteiger partial charge >= 0.3 is 0 Å². The number of rotatable bonds is 2. The van der Waals surface area contributed by atoms with Crippen LogP contribution < -0.4 is 0 Å². The van der Waals surface area contributed by atoms with E-state index in [1.54, 1.807) is 0 Å². The van der Waals surface area contributed by atoms with Gasteiger partial charge in [0.2, 0.25) is 0 Å². The smallest absolute Gasteiger partial charge is 0.00231 e. The van der Waals surface area contributed by atoms with E-state index in [-0.39, 0.29) is 5.41 Å². The molecule has 0 radical (unpaired) electrons. The Hall–Kier alpha value is -1.56. The van der Waals surface area contributed by atoms with Crippen molar-refractivity contribution in [2.45, 2.75) is 39.5 Å². The SMILES string of the molecule is Cc1cc(C(C)(C)C)ccc1Cc1ccccc1. The van der Waals surface area contributed by atoms with Gasteiger partial charge in [-0.1, -0.05) is 69.3 Å². The van der Waals surface area contributed by atoms with Crippen molar-refractivity contribution in [3.8, 4) is 0 Å². The molecule has 0 saturated carbocycles. The minimum Gasteiger partial charge on any atom is -0.0622 e. The van der Waals surface area contributed by atoms with E-state index in [0.717, 1.165) is 6.42 Å². The van der Waals surface area contributed by atoms with E-state index in [1.807, 2.05) is 0 Å². The highest BCUT2D eigenvalue weighted by molar-refractivity contribution is 5.37. The maximum atomic E-state index is 2.33. The minimum absolute atomic E-state index is 0.232. The summed E-state index contributed by atoms with van der Waals surface area (Å²) in [6.45, 7) is 9.00. The maximum absolute atomic E-state index is 2.33. The Kier molecular flexibility index (Phi) is 3.56. The van der Waals surface area contributed by atoms with E-state index < -0.39 is 0 Å². The molecule has 0 heterocycles. The van der Waals surface area contributed by atoms with Crippen molar-refractivity contribution >= 4 is 0 Å². The predicted octanol–water partition coefficient (Wildman–Crippen LogP) is 4.88. The van der Waals surface area contributed by atoms with Gasteiger partial charge in [-0.15, -0.1) is 0 Å². The normalized spacial score (nSPS) is 11.6. The second-order valence-electron chi connectivity index (χ2n) is 6.05. The third-order valence-corrected chi connectivity index (χ3v) is 3.45. The first-order valence-electron chi connectivity index (χ1n) is 6.61. The van der Waals surface area contributed by atoms with Crippen LogP contribution in [0.5, 0.6) is 0 Å². The van der Waals surface area contributed by atoms with Crippen LogP contribution in [0, 0.1) is 6.92 Å². The molecule has 0 fully saturated rings. The summed E-state index contributed by atoms with van der Waals surface area (Å²) in [5.41, 5.74) is 5.84. The summed E-state index contributed by atoms with van der Waals surface area (Å²) >= 11 is 0. The van der Waals surface area contributed by atoms with Crippen molar-refractivity contribution in [3.05, 3.63) is 70.8 Å². The van der Waals surface area contributed by atoms with Gasteiger partial charge in [-0.2, -0.15) is 0 Å². The monoisotopic (exact) mass is 238 g/mol. The molecule has 0 aliphatic heterocycles. The van der Waals surface area contributed by atoms with Gasteiger partial charge in [0.05, 0.1) is 0 Å². The zero-order valence-corrected chi connectivity index (χ0v) is 11.8. The molecule has 0 spiro atoms. The molecule has 0 heteroatoms. The summed E-state index contributed by atoms with van der Waals surface area (Å²) in [6.07, 6.45) is 1.02. The van der Waals surface area contributed by atoms with Crippen LogP contribution in [0.3, 0.4) is 0 Å². The Bertz CT molecular complexity index is 515. The van der Waals surface area contributed by atoms with Gasteiger partial charge < -0.3 is 0 Å². The summed E-state index contributed by atoms with van der Waals surface area (Å²) in [5.74, 6) is 0. The molecule has 0 aliphatic rings. The fourth-order valence-electron chi connectivity index (χ4n) is 2.18. The average molecular weight is 238 g/mol. The summed E-state index contributed by atoms with van der Waals surface area (Å²) in [7, 11) is 0. The molecule has 0 saturated heterocycles. The summed E-state index contributed by atoms with van der Waals surface area (Å²) in [6, 6.07) is 17.5. The van der Waals surface area contributed by atoms with Crippen LogP contribution in [-0.4, -0.2) is 0 Å². The van der Waals surface area contributed by atoms with Crippen LogP contribution >= 0.6 is 0 Å². The quantitative estimate of drug-likeness (QED) is 0.699. The van der Waals surface area contributed by atoms with Gasteiger partial charge in [0, 0.05) is 0 Å². The van der Waals surface area contributed by atoms with E-state index >= 15 is 0 Å². The van der Waals surface area contributed by atoms with E-state index in [0.29, 0.717) is 0 Å². The molecule has 94 valence electrons. The highest BCUT2D eigenvalue weighted by Crippen LogP contribution is 2.25. The lowest BCUT2D eigenvalue weighted by atomic mass is 9.85. The van der Waals surface area contributed by atoms with Gasteiger partial charge in [-0.05, 0) is 41.0 Å². The highest BCUT2D eigenvalue weighted by Gasteiger charge is 2.14. The summed E-state index contributed by atoms with van der Waals surface area (Å²) in [5, 5.41) is 0. The molecule has 18 heavy (non-hydrogen) atoms. The highest BCUT2D eigenvalue weighted by atomic mass is 14.2. The van der Waals surface area contributed by atoms with Crippen molar-refractivity contribution in [2.75, 3.05) is 0 Å². The van der Waals surface area contributed by atoms with E-state index in [2.05, 4.69) is 76.2 Å². The molecule has 0 aliphatic carbocycles. The lowest BCUT2D eigenvalue weighted by molar-refractivity contribution is 0.589. The van der Waals surface area contributed by atoms with E-state index in [1.165, 1.54) is 22.3 Å². The standard InChI is InChI=1S/C18H22/c1-14-12-17(18(2,3)4)11-10-16(14)13-15-8-6-5-7-9-15/h5-12H,13H2,1-4H3. The maximum Gasteiger partial charge on any atom is -0.00231 e. The third-order valence-electron chi connectivity index (χ3n) is 3.45. The van der Waals surface area contributed by atoms with Crippen molar-refractivity contribution in [2.24, 2.45) is 0 Å². The molecule has 0 atom stereocenters. The fourth-order valence-corrected chi connectivity index (χ4v) is 2.18. The number of benzene rings is 2. The molecule has 0 N–H and O–H groups in total. The Morgan fingerprint density at radius 3 is 2.11 bits per heavy atom. The Morgan fingerprint density at radius 1 is 0.889 bits per heavy atom. The molecular formula is C18H22. The molecule has 0 unspecified atom stereocenters. The van der Waals surface area contributed by atoms with Crippen molar-refractivity contribution in [3.63, 3.8) is 0 Å². The van der Waals surface area contributed by atoms with Crippen LogP contribution in [0.2, 0.25) is 0 Å². The zero-order chi connectivity index (χ0) is 13.2. The van der Waals surface area contributed by atoms with Crippen LogP contribution in [0.1, 0.15) is 43.0 Å². The first kappa shape index (κ1) is 12.9. The Labute approximate surface area is 111 Å². The van der Waals surface area contributed by atoms with Crippen LogP contribution in [0.4, 0.5) is 0 Å². The molecule has 0 aromatic heterocycles. The zero-order valence-electron chi connectivity index (χ0n) is 11.8. The van der Waals surface area contributed by atoms with Gasteiger partial charge in [0.1, 0.15) is 0 Å². The number of aryl methyl sites for hydroxylation is 1. The molecule has 2 rings (SSSR count). The average Bonchev–Trinajstić information content (AvgIpc) is 2.32. The van der Waals surface area contributed by atoms with Crippen molar-refractivity contribution in [1.29, 1.82) is 0 Å². The van der Waals surface area contributed by atoms with Gasteiger partial charge in [-0.25, -0.2) is 0 Å². The molecule has 0 amide bonds. The molecule has 2 aromatic carbocycles. The van der Waals surface area contributed by atoms with Crippen LogP contribution in [0.25, 0.3) is 0 Å². The molecule has 0 nitrogen and oxygen atoms in total. The van der Waals surface area contributed by atoms with Crippen molar-refractivity contribution < 1.29 is 0 Å². The number of hydrogen-bond donors (Lipinski definition) is 0. The summed E-state index contributed by atoms with van der Waals surface area (Å²) in [4.78, 5) is 0. The first-order valence-corrected chi connectivity index (χ1v) is 6.61. The fraction of sp³-hybridized carbons (Fsp3) is 0.333. The van der Waals surface area contributed by atoms with Crippen LogP contribution in [-0.2, 0) is 11.8 Å². The second-order valence-corrected chi connectivity index (χ2v) is 6.05. The summed E-state index contributed by atoms with van der Waals surface area (Å²) < 4.78 is 0. The van der Waals surface area contributed by atoms with E-state index in [4.69, 9.17) is 0 Å². The first-order chi connectivity index (χ1) is 8.47. The Morgan fingerprint density at radius 2 is 1.56 bits per heavy atom. The molecule has 0 bridgehead atoms. The van der Waals surface area contributed by atoms with Gasteiger partial charge in [0.25, 0.3) is 0 Å². The lowest BCUT2D eigenvalue weighted by Crippen LogP contribution is -2.11. The second kappa shape index (κ2) is 4.97. The van der Waals surface area contributed by atoms with Gasteiger partial charge in [0.15, 0.2) is 0 Å². The minimum atomic E-state index is 0.232. The van der Waals surface area contributed by atoms with Crippen LogP contribution in [0.15, 0.2) is 48.5 Å². The largest absolute Gasteiger partial charge is 0.0622 e. The number of hydrogen-bond acceptors (Lipinski definition) is 0. The molecule has 2 aromatic rings. The topological polar surface area (TPSA) is 0 Å². The van der Waals surface area contributed by atoms with E-state index in [9.17, 15) is 0 Å². The predicted molar refractivity (Wildman–Crippen MR) is 79.1 cm³/mol. The van der Waals surface area contributed by atoms with Crippen molar-refractivity contribution in [1.82, 2.24) is 0 Å². The molecular weight excluding hydrogens is 216 g/mol. The third kappa shape index (κ3) is 3.01. The van der Waals surface area contributed by atoms with Gasteiger partial charge in [-0.3, -0.25) is 0 Å². The lowest BCUT2D eigenvalue weighted by Gasteiger charge is -2.20.